The van der Waals surface area contributed by atoms with E-state index in [1.54, 1.807) is 19.0 Å². The lowest BCUT2D eigenvalue weighted by Gasteiger charge is -2.31. The number of halogens is 1. The smallest absolute Gasteiger partial charge is 0.243 e. The van der Waals surface area contributed by atoms with Crippen LogP contribution in [0.5, 0.6) is 0 Å². The van der Waals surface area contributed by atoms with Crippen molar-refractivity contribution in [1.29, 1.82) is 0 Å². The molecule has 7 heteroatoms. The molecule has 0 aliphatic rings. The summed E-state index contributed by atoms with van der Waals surface area (Å²) in [5, 5.41) is 6.79. The van der Waals surface area contributed by atoms with E-state index in [4.69, 9.17) is 0 Å². The summed E-state index contributed by atoms with van der Waals surface area (Å²) in [5.74, 6) is 0.642. The lowest BCUT2D eigenvalue weighted by Crippen LogP contribution is -2.46. The van der Waals surface area contributed by atoms with Gasteiger partial charge in [0.05, 0.1) is 6.04 Å². The number of carbonyl (C=O) groups is 1. The van der Waals surface area contributed by atoms with Gasteiger partial charge in [-0.3, -0.25) is 9.69 Å². The molecule has 1 atom stereocenters. The molecule has 0 fully saturated rings. The zero-order valence-corrected chi connectivity index (χ0v) is 20.7. The molecule has 0 aromatic heterocycles. The van der Waals surface area contributed by atoms with E-state index in [9.17, 15) is 4.79 Å². The molecule has 2 N–H and O–H groups in total. The summed E-state index contributed by atoms with van der Waals surface area (Å²) in [7, 11) is 3.49. The highest BCUT2D eigenvalue weighted by molar-refractivity contribution is 14.0. The number of amides is 1. The normalized spacial score (nSPS) is 12.7. The summed E-state index contributed by atoms with van der Waals surface area (Å²) in [6.07, 6.45) is 0. The minimum Gasteiger partial charge on any atom is -0.355 e. The molecule has 0 saturated heterocycles. The maximum atomic E-state index is 11.9. The minimum absolute atomic E-state index is 0. The molecule has 28 heavy (non-hydrogen) atoms. The zero-order valence-electron chi connectivity index (χ0n) is 18.4. The minimum atomic E-state index is -0.0190. The van der Waals surface area contributed by atoms with Crippen molar-refractivity contribution in [3.8, 4) is 0 Å². The topological polar surface area (TPSA) is 60.0 Å². The monoisotopic (exact) mass is 503 g/mol. The fourth-order valence-corrected chi connectivity index (χ4v) is 2.89. The van der Waals surface area contributed by atoms with Crippen LogP contribution in [-0.4, -0.2) is 67.5 Å². The van der Waals surface area contributed by atoms with Crippen molar-refractivity contribution in [2.75, 3.05) is 33.7 Å². The maximum absolute atomic E-state index is 11.9. The van der Waals surface area contributed by atoms with Crippen LogP contribution in [0, 0.1) is 0 Å². The van der Waals surface area contributed by atoms with Crippen LogP contribution >= 0.6 is 24.0 Å². The van der Waals surface area contributed by atoms with Crippen molar-refractivity contribution in [3.63, 3.8) is 0 Å². The van der Waals surface area contributed by atoms with E-state index in [1.165, 1.54) is 5.56 Å². The average Bonchev–Trinajstić information content (AvgIpc) is 2.62. The van der Waals surface area contributed by atoms with Crippen LogP contribution in [0.15, 0.2) is 35.3 Å². The van der Waals surface area contributed by atoms with E-state index >= 15 is 0 Å². The van der Waals surface area contributed by atoms with Gasteiger partial charge in [-0.05, 0) is 40.2 Å². The molecule has 0 bridgehead atoms. The van der Waals surface area contributed by atoms with E-state index in [0.717, 1.165) is 13.1 Å². The van der Waals surface area contributed by atoms with Gasteiger partial charge in [0.1, 0.15) is 6.54 Å². The standard InChI is InChI=1S/C21H37N5O.HI/c1-16(2)26(17(3)4)14-13-22-21(23-15-20(27)25(6)7)24-18(5)19-11-9-8-10-12-19;/h8-12,16-18H,13-15H2,1-7H3,(H2,22,23,24);1H. The Bertz CT molecular complexity index is 582. The summed E-state index contributed by atoms with van der Waals surface area (Å²) >= 11 is 0. The number of carbonyl (C=O) groups excluding carboxylic acids is 1. The van der Waals surface area contributed by atoms with Crippen molar-refractivity contribution in [1.82, 2.24) is 20.4 Å². The molecule has 0 aliphatic heterocycles. The van der Waals surface area contributed by atoms with E-state index < -0.39 is 0 Å². The Morgan fingerprint density at radius 3 is 2.11 bits per heavy atom. The van der Waals surface area contributed by atoms with Gasteiger partial charge in [0, 0.05) is 39.3 Å². The maximum Gasteiger partial charge on any atom is 0.243 e. The first-order chi connectivity index (χ1) is 12.7. The number of rotatable bonds is 9. The van der Waals surface area contributed by atoms with Gasteiger partial charge < -0.3 is 15.5 Å². The van der Waals surface area contributed by atoms with Crippen LogP contribution < -0.4 is 10.6 Å². The van der Waals surface area contributed by atoms with Crippen molar-refractivity contribution in [2.24, 2.45) is 4.99 Å². The number of nitrogens with zero attached hydrogens (tertiary/aromatic N) is 3. The molecular formula is C21H38IN5O. The van der Waals surface area contributed by atoms with Crippen LogP contribution in [0.1, 0.15) is 46.2 Å². The number of likely N-dealkylation sites (N-methyl/N-ethyl adjacent to an activating group) is 1. The third kappa shape index (κ3) is 9.73. The van der Waals surface area contributed by atoms with Gasteiger partial charge in [0.2, 0.25) is 5.91 Å². The Labute approximate surface area is 188 Å². The summed E-state index contributed by atoms with van der Waals surface area (Å²) in [6.45, 7) is 12.7. The Kier molecular flexibility index (Phi) is 13.1. The molecule has 1 rings (SSSR count). The molecule has 0 heterocycles. The van der Waals surface area contributed by atoms with Gasteiger partial charge in [-0.15, -0.1) is 24.0 Å². The molecule has 6 nitrogen and oxygen atoms in total. The Balaban J connectivity index is 0.00000729. The molecule has 0 aliphatic carbocycles. The number of hydrogen-bond acceptors (Lipinski definition) is 3. The molecule has 0 spiro atoms. The number of guanidine groups is 1. The van der Waals surface area contributed by atoms with Crippen molar-refractivity contribution < 1.29 is 4.79 Å². The van der Waals surface area contributed by atoms with E-state index in [2.05, 4.69) is 67.3 Å². The third-order valence-corrected chi connectivity index (χ3v) is 4.51. The molecule has 1 aromatic rings. The van der Waals surface area contributed by atoms with Crippen LogP contribution in [0.2, 0.25) is 0 Å². The van der Waals surface area contributed by atoms with E-state index in [-0.39, 0.29) is 42.5 Å². The second kappa shape index (κ2) is 13.8. The molecule has 0 saturated carbocycles. The number of hydrogen-bond donors (Lipinski definition) is 2. The van der Waals surface area contributed by atoms with Crippen LogP contribution in [0.4, 0.5) is 0 Å². The highest BCUT2D eigenvalue weighted by Crippen LogP contribution is 2.10. The van der Waals surface area contributed by atoms with Crippen LogP contribution in [0.3, 0.4) is 0 Å². The molecule has 1 amide bonds. The van der Waals surface area contributed by atoms with Gasteiger partial charge in [-0.1, -0.05) is 30.3 Å². The second-order valence-electron chi connectivity index (χ2n) is 7.58. The Morgan fingerprint density at radius 1 is 1.04 bits per heavy atom. The fourth-order valence-electron chi connectivity index (χ4n) is 2.89. The van der Waals surface area contributed by atoms with Crippen LogP contribution in [0.25, 0.3) is 0 Å². The Morgan fingerprint density at radius 2 is 1.61 bits per heavy atom. The highest BCUT2D eigenvalue weighted by Gasteiger charge is 2.14. The first kappa shape index (κ1) is 26.6. The lowest BCUT2D eigenvalue weighted by atomic mass is 10.1. The number of aliphatic imine (C=N–C) groups is 1. The summed E-state index contributed by atoms with van der Waals surface area (Å²) in [6, 6.07) is 11.3. The van der Waals surface area contributed by atoms with Crippen LogP contribution in [-0.2, 0) is 4.79 Å². The predicted molar refractivity (Wildman–Crippen MR) is 129 cm³/mol. The van der Waals surface area contributed by atoms with Crippen molar-refractivity contribution in [3.05, 3.63) is 35.9 Å². The summed E-state index contributed by atoms with van der Waals surface area (Å²) < 4.78 is 0. The largest absolute Gasteiger partial charge is 0.355 e. The lowest BCUT2D eigenvalue weighted by molar-refractivity contribution is -0.127. The first-order valence-corrected chi connectivity index (χ1v) is 9.78. The zero-order chi connectivity index (χ0) is 20.4. The average molecular weight is 503 g/mol. The summed E-state index contributed by atoms with van der Waals surface area (Å²) in [4.78, 5) is 20.4. The second-order valence-corrected chi connectivity index (χ2v) is 7.58. The van der Waals surface area contributed by atoms with E-state index in [1.807, 2.05) is 18.2 Å². The van der Waals surface area contributed by atoms with Gasteiger partial charge in [0.25, 0.3) is 0 Å². The van der Waals surface area contributed by atoms with Gasteiger partial charge >= 0.3 is 0 Å². The quantitative estimate of drug-likeness (QED) is 0.309. The van der Waals surface area contributed by atoms with Crippen molar-refractivity contribution >= 4 is 35.8 Å². The number of benzene rings is 1. The molecule has 160 valence electrons. The summed E-state index contributed by atoms with van der Waals surface area (Å²) in [5.41, 5.74) is 1.18. The molecular weight excluding hydrogens is 465 g/mol. The Hall–Kier alpha value is -1.35. The highest BCUT2D eigenvalue weighted by atomic mass is 127. The SMILES string of the molecule is CC(NC(=NCC(=O)N(C)C)NCCN(C(C)C)C(C)C)c1ccccc1.I. The van der Waals surface area contributed by atoms with Gasteiger partial charge in [0.15, 0.2) is 5.96 Å². The molecule has 0 radical (unpaired) electrons. The fraction of sp³-hybridized carbons (Fsp3) is 0.619. The van der Waals surface area contributed by atoms with E-state index in [0.29, 0.717) is 18.0 Å². The number of nitrogens with one attached hydrogen (secondary N) is 2. The van der Waals surface area contributed by atoms with Crippen molar-refractivity contribution in [2.45, 2.75) is 52.7 Å². The predicted octanol–water partition coefficient (Wildman–Crippen LogP) is 3.11. The third-order valence-electron chi connectivity index (χ3n) is 4.51. The molecule has 1 unspecified atom stereocenters. The first-order valence-electron chi connectivity index (χ1n) is 9.78. The molecule has 1 aromatic carbocycles. The van der Waals surface area contributed by atoms with Gasteiger partial charge in [-0.2, -0.15) is 0 Å². The van der Waals surface area contributed by atoms with Gasteiger partial charge in [-0.25, -0.2) is 4.99 Å².